The number of amides is 1. The van der Waals surface area contributed by atoms with Crippen LogP contribution in [0, 0.1) is 6.92 Å². The Balaban J connectivity index is 1.65. The third kappa shape index (κ3) is 3.23. The molecule has 1 aliphatic carbocycles. The van der Waals surface area contributed by atoms with Gasteiger partial charge in [0.1, 0.15) is 11.5 Å². The first kappa shape index (κ1) is 15.6. The van der Waals surface area contributed by atoms with Crippen LogP contribution >= 0.6 is 0 Å². The van der Waals surface area contributed by atoms with E-state index >= 15 is 0 Å². The highest BCUT2D eigenvalue weighted by Crippen LogP contribution is 2.26. The molecule has 2 aromatic rings. The van der Waals surface area contributed by atoms with Crippen LogP contribution in [0.5, 0.6) is 0 Å². The average molecular weight is 314 g/mol. The van der Waals surface area contributed by atoms with Crippen LogP contribution in [0.4, 0.5) is 0 Å². The summed E-state index contributed by atoms with van der Waals surface area (Å²) in [6.45, 7) is 3.82. The van der Waals surface area contributed by atoms with Crippen molar-refractivity contribution >= 4 is 11.7 Å². The standard InChI is InChI=1S/C18H22N2O3/c1-11(8-9-13-5-4-10-23-13)19-18(22)17-12(2)16-14(20-17)6-3-7-15(16)21/h4-5,10-11,20H,3,6-9H2,1-2H3,(H,19,22). The lowest BCUT2D eigenvalue weighted by molar-refractivity contribution is 0.0932. The molecule has 0 aromatic carbocycles. The SMILES string of the molecule is Cc1c(C(=O)NC(C)CCc2ccco2)[nH]c2c1C(=O)CCC2. The number of aromatic nitrogens is 1. The lowest BCUT2D eigenvalue weighted by atomic mass is 9.94. The molecule has 1 amide bonds. The van der Waals surface area contributed by atoms with E-state index in [9.17, 15) is 9.59 Å². The molecule has 2 aromatic heterocycles. The maximum Gasteiger partial charge on any atom is 0.268 e. The van der Waals surface area contributed by atoms with Gasteiger partial charge in [0.05, 0.1) is 6.26 Å². The lowest BCUT2D eigenvalue weighted by Crippen LogP contribution is -2.33. The lowest BCUT2D eigenvalue weighted by Gasteiger charge is -2.13. The molecule has 0 spiro atoms. The first-order valence-corrected chi connectivity index (χ1v) is 8.14. The van der Waals surface area contributed by atoms with Gasteiger partial charge in [0.2, 0.25) is 0 Å². The van der Waals surface area contributed by atoms with Gasteiger partial charge in [-0.3, -0.25) is 9.59 Å². The van der Waals surface area contributed by atoms with Crippen molar-refractivity contribution in [3.05, 3.63) is 46.7 Å². The zero-order chi connectivity index (χ0) is 16.4. The number of hydrogen-bond acceptors (Lipinski definition) is 3. The van der Waals surface area contributed by atoms with Gasteiger partial charge in [-0.1, -0.05) is 0 Å². The van der Waals surface area contributed by atoms with Crippen LogP contribution in [0.15, 0.2) is 22.8 Å². The maximum atomic E-state index is 12.5. The van der Waals surface area contributed by atoms with E-state index in [1.165, 1.54) is 0 Å². The van der Waals surface area contributed by atoms with Crippen molar-refractivity contribution in [2.24, 2.45) is 0 Å². The number of hydrogen-bond donors (Lipinski definition) is 2. The van der Waals surface area contributed by atoms with Gasteiger partial charge in [-0.15, -0.1) is 0 Å². The first-order chi connectivity index (χ1) is 11.1. The summed E-state index contributed by atoms with van der Waals surface area (Å²) in [5.41, 5.74) is 2.94. The van der Waals surface area contributed by atoms with Crippen molar-refractivity contribution in [1.29, 1.82) is 0 Å². The molecule has 1 aliphatic rings. The molecule has 0 fully saturated rings. The number of carbonyl (C=O) groups excluding carboxylic acids is 2. The van der Waals surface area contributed by atoms with Crippen molar-refractivity contribution in [3.8, 4) is 0 Å². The molecule has 122 valence electrons. The van der Waals surface area contributed by atoms with E-state index in [1.54, 1.807) is 6.26 Å². The summed E-state index contributed by atoms with van der Waals surface area (Å²) in [7, 11) is 0. The van der Waals surface area contributed by atoms with Crippen LogP contribution in [-0.2, 0) is 12.8 Å². The second kappa shape index (κ2) is 6.44. The van der Waals surface area contributed by atoms with E-state index in [2.05, 4.69) is 10.3 Å². The van der Waals surface area contributed by atoms with Crippen LogP contribution < -0.4 is 5.32 Å². The molecule has 0 radical (unpaired) electrons. The number of carbonyl (C=O) groups is 2. The van der Waals surface area contributed by atoms with Crippen LogP contribution in [0.2, 0.25) is 0 Å². The van der Waals surface area contributed by atoms with Crippen molar-refractivity contribution in [2.75, 3.05) is 0 Å². The molecule has 0 bridgehead atoms. The number of H-pyrrole nitrogens is 1. The molecule has 0 aliphatic heterocycles. The predicted molar refractivity (Wildman–Crippen MR) is 86.8 cm³/mol. The fourth-order valence-corrected chi connectivity index (χ4v) is 3.18. The third-order valence-corrected chi connectivity index (χ3v) is 4.45. The molecule has 0 saturated carbocycles. The summed E-state index contributed by atoms with van der Waals surface area (Å²) >= 11 is 0. The largest absolute Gasteiger partial charge is 0.469 e. The molecule has 2 N–H and O–H groups in total. The van der Waals surface area contributed by atoms with E-state index in [0.717, 1.165) is 48.3 Å². The molecule has 5 heteroatoms. The van der Waals surface area contributed by atoms with Crippen molar-refractivity contribution < 1.29 is 14.0 Å². The summed E-state index contributed by atoms with van der Waals surface area (Å²) in [6.07, 6.45) is 5.51. The molecular formula is C18H22N2O3. The fraction of sp³-hybridized carbons (Fsp3) is 0.444. The van der Waals surface area contributed by atoms with Crippen molar-refractivity contribution in [2.45, 2.75) is 52.0 Å². The minimum atomic E-state index is -0.142. The summed E-state index contributed by atoms with van der Waals surface area (Å²) < 4.78 is 5.30. The predicted octanol–water partition coefficient (Wildman–Crippen LogP) is 3.19. The Morgan fingerprint density at radius 2 is 2.26 bits per heavy atom. The topological polar surface area (TPSA) is 75.1 Å². The fourth-order valence-electron chi connectivity index (χ4n) is 3.18. The average Bonchev–Trinajstić information content (AvgIpc) is 3.14. The Hall–Kier alpha value is -2.30. The molecule has 1 unspecified atom stereocenters. The number of rotatable bonds is 5. The molecule has 0 saturated heterocycles. The Labute approximate surface area is 135 Å². The molecule has 3 rings (SSSR count). The molecular weight excluding hydrogens is 292 g/mol. The Morgan fingerprint density at radius 3 is 2.96 bits per heavy atom. The van der Waals surface area contributed by atoms with Crippen molar-refractivity contribution in [3.63, 3.8) is 0 Å². The summed E-state index contributed by atoms with van der Waals surface area (Å²) in [5.74, 6) is 0.921. The Morgan fingerprint density at radius 1 is 1.43 bits per heavy atom. The van der Waals surface area contributed by atoms with Gasteiger partial charge in [-0.05, 0) is 50.8 Å². The van der Waals surface area contributed by atoms with E-state index < -0.39 is 0 Å². The summed E-state index contributed by atoms with van der Waals surface area (Å²) in [4.78, 5) is 27.7. The number of nitrogens with one attached hydrogen (secondary N) is 2. The highest BCUT2D eigenvalue weighted by molar-refractivity contribution is 6.04. The summed E-state index contributed by atoms with van der Waals surface area (Å²) in [6, 6.07) is 3.83. The van der Waals surface area contributed by atoms with Gasteiger partial charge in [0.25, 0.3) is 5.91 Å². The van der Waals surface area contributed by atoms with Gasteiger partial charge >= 0.3 is 0 Å². The maximum absolute atomic E-state index is 12.5. The van der Waals surface area contributed by atoms with Gasteiger partial charge in [0, 0.05) is 30.1 Å². The molecule has 2 heterocycles. The summed E-state index contributed by atoms with van der Waals surface area (Å²) in [5, 5.41) is 3.00. The number of furan rings is 1. The van der Waals surface area contributed by atoms with E-state index in [0.29, 0.717) is 12.1 Å². The van der Waals surface area contributed by atoms with Crippen molar-refractivity contribution in [1.82, 2.24) is 10.3 Å². The number of aryl methyl sites for hydroxylation is 2. The number of Topliss-reactive ketones (excluding diaryl/α,β-unsaturated/α-hetero) is 1. The third-order valence-electron chi connectivity index (χ3n) is 4.45. The van der Waals surface area contributed by atoms with Crippen LogP contribution in [-0.4, -0.2) is 22.7 Å². The minimum absolute atomic E-state index is 0.0306. The monoisotopic (exact) mass is 314 g/mol. The molecule has 23 heavy (non-hydrogen) atoms. The first-order valence-electron chi connectivity index (χ1n) is 8.14. The highest BCUT2D eigenvalue weighted by Gasteiger charge is 2.26. The smallest absolute Gasteiger partial charge is 0.268 e. The zero-order valence-corrected chi connectivity index (χ0v) is 13.6. The second-order valence-electron chi connectivity index (χ2n) is 6.25. The van der Waals surface area contributed by atoms with Gasteiger partial charge in [-0.25, -0.2) is 0 Å². The van der Waals surface area contributed by atoms with Crippen LogP contribution in [0.1, 0.15) is 64.1 Å². The van der Waals surface area contributed by atoms with Gasteiger partial charge in [0.15, 0.2) is 5.78 Å². The van der Waals surface area contributed by atoms with Crippen LogP contribution in [0.25, 0.3) is 0 Å². The van der Waals surface area contributed by atoms with E-state index in [-0.39, 0.29) is 17.7 Å². The van der Waals surface area contributed by atoms with Gasteiger partial charge in [-0.2, -0.15) is 0 Å². The molecule has 5 nitrogen and oxygen atoms in total. The number of fused-ring (bicyclic) bond motifs is 1. The highest BCUT2D eigenvalue weighted by atomic mass is 16.3. The minimum Gasteiger partial charge on any atom is -0.469 e. The zero-order valence-electron chi connectivity index (χ0n) is 13.6. The van der Waals surface area contributed by atoms with E-state index in [1.807, 2.05) is 26.0 Å². The van der Waals surface area contributed by atoms with E-state index in [4.69, 9.17) is 4.42 Å². The second-order valence-corrected chi connectivity index (χ2v) is 6.25. The molecule has 1 atom stereocenters. The normalized spacial score (nSPS) is 15.3. The van der Waals surface area contributed by atoms with Crippen LogP contribution in [0.3, 0.4) is 0 Å². The number of ketones is 1. The Kier molecular flexibility index (Phi) is 4.37. The Bertz CT molecular complexity index is 713. The number of aromatic amines is 1. The quantitative estimate of drug-likeness (QED) is 0.890. The van der Waals surface area contributed by atoms with Gasteiger partial charge < -0.3 is 14.7 Å².